The molecule has 3 fully saturated rings. The maximum absolute atomic E-state index is 4.60. The van der Waals surface area contributed by atoms with Gasteiger partial charge in [0.1, 0.15) is 11.0 Å². The van der Waals surface area contributed by atoms with E-state index in [1.807, 2.05) is 0 Å². The van der Waals surface area contributed by atoms with E-state index < -0.39 is 0 Å². The maximum atomic E-state index is 4.60. The van der Waals surface area contributed by atoms with Gasteiger partial charge in [0.05, 0.1) is 0 Å². The van der Waals surface area contributed by atoms with Crippen molar-refractivity contribution in [2.24, 2.45) is 11.8 Å². The Morgan fingerprint density at radius 3 is 2.71 bits per heavy atom. The molecule has 5 rings (SSSR count). The fourth-order valence-electron chi connectivity index (χ4n) is 4.96. The normalized spacial score (nSPS) is 30.5. The molecule has 0 spiro atoms. The third-order valence-corrected chi connectivity index (χ3v) is 8.14. The van der Waals surface area contributed by atoms with Crippen molar-refractivity contribution >= 4 is 39.3 Å². The number of aromatic nitrogens is 3. The maximum Gasteiger partial charge on any atom is 0.176 e. The second kappa shape index (κ2) is 6.11. The van der Waals surface area contributed by atoms with Gasteiger partial charge in [-0.3, -0.25) is 4.90 Å². The molecule has 3 atom stereocenters. The summed E-state index contributed by atoms with van der Waals surface area (Å²) in [6.07, 6.45) is 9.65. The fraction of sp³-hybridized carbons (Fsp3) is 0.706. The molecule has 1 aliphatic heterocycles. The zero-order valence-electron chi connectivity index (χ0n) is 14.0. The van der Waals surface area contributed by atoms with Gasteiger partial charge in [-0.25, -0.2) is 15.0 Å². The average Bonchev–Trinajstić information content (AvgIpc) is 3.35. The van der Waals surface area contributed by atoms with E-state index in [-0.39, 0.29) is 0 Å². The molecule has 2 aliphatic carbocycles. The van der Waals surface area contributed by atoms with E-state index >= 15 is 0 Å². The monoisotopic (exact) mass is 361 g/mol. The lowest BCUT2D eigenvalue weighted by atomic mass is 9.93. The van der Waals surface area contributed by atoms with E-state index in [2.05, 4.69) is 31.0 Å². The first-order valence-corrected chi connectivity index (χ1v) is 11.0. The van der Waals surface area contributed by atoms with E-state index in [9.17, 15) is 0 Å². The highest BCUT2D eigenvalue weighted by molar-refractivity contribution is 8.00. The Hall–Kier alpha value is -0.920. The van der Waals surface area contributed by atoms with Crippen molar-refractivity contribution in [2.75, 3.05) is 37.3 Å². The van der Waals surface area contributed by atoms with E-state index in [0.717, 1.165) is 51.5 Å². The largest absolute Gasteiger partial charge is 0.353 e. The van der Waals surface area contributed by atoms with E-state index in [4.69, 9.17) is 0 Å². The molecule has 0 aromatic carbocycles. The molecule has 0 N–H and O–H groups in total. The van der Waals surface area contributed by atoms with Crippen LogP contribution in [0.5, 0.6) is 0 Å². The summed E-state index contributed by atoms with van der Waals surface area (Å²) in [6.45, 7) is 4.50. The summed E-state index contributed by atoms with van der Waals surface area (Å²) < 4.78 is 2.22. The third kappa shape index (κ3) is 2.52. The molecule has 0 amide bonds. The van der Waals surface area contributed by atoms with Crippen molar-refractivity contribution < 1.29 is 0 Å². The minimum absolute atomic E-state index is 0.852. The molecule has 2 saturated carbocycles. The van der Waals surface area contributed by atoms with Gasteiger partial charge in [-0.15, -0.1) is 11.3 Å². The van der Waals surface area contributed by atoms with Crippen molar-refractivity contribution in [3.8, 4) is 0 Å². The van der Waals surface area contributed by atoms with E-state index in [1.54, 1.807) is 29.4 Å². The van der Waals surface area contributed by atoms with Crippen LogP contribution in [0.3, 0.4) is 0 Å². The molecule has 128 valence electrons. The summed E-state index contributed by atoms with van der Waals surface area (Å²) in [7, 11) is 0. The number of thioether (sulfide) groups is 1. The summed E-state index contributed by atoms with van der Waals surface area (Å²) in [4.78, 5) is 18.7. The van der Waals surface area contributed by atoms with E-state index in [1.165, 1.54) is 38.8 Å². The molecule has 7 heteroatoms. The average molecular weight is 362 g/mol. The standard InChI is InChI=1S/C17H23N5S2/c1-23-17-20-15-14(24-17)16(19-10-18-15)22-6-4-21(5-7-22)13-9-11-2-3-12(13)8-11/h10-13H,2-9H2,1H3. The Bertz CT molecular complexity index is 740. The smallest absolute Gasteiger partial charge is 0.176 e. The van der Waals surface area contributed by atoms with Crippen LogP contribution >= 0.6 is 23.1 Å². The van der Waals surface area contributed by atoms with Gasteiger partial charge in [0.2, 0.25) is 0 Å². The molecule has 3 heterocycles. The topological polar surface area (TPSA) is 45.2 Å². The lowest BCUT2D eigenvalue weighted by Crippen LogP contribution is -2.52. The number of nitrogens with zero attached hydrogens (tertiary/aromatic N) is 5. The molecule has 2 bridgehead atoms. The SMILES string of the molecule is CSc1nc2ncnc(N3CCN(C4CC5CCC4C5)CC3)c2s1. The van der Waals surface area contributed by atoms with Crippen molar-refractivity contribution in [1.82, 2.24) is 19.9 Å². The summed E-state index contributed by atoms with van der Waals surface area (Å²) >= 11 is 3.41. The minimum atomic E-state index is 0.852. The summed E-state index contributed by atoms with van der Waals surface area (Å²) in [6, 6.07) is 0.864. The molecule has 1 saturated heterocycles. The molecule has 2 aromatic heterocycles. The van der Waals surface area contributed by atoms with Gasteiger partial charge >= 0.3 is 0 Å². The van der Waals surface area contributed by atoms with Gasteiger partial charge < -0.3 is 4.90 Å². The molecule has 3 unspecified atom stereocenters. The van der Waals surface area contributed by atoms with Crippen LogP contribution in [0.4, 0.5) is 5.82 Å². The van der Waals surface area contributed by atoms with Gasteiger partial charge in [-0.1, -0.05) is 18.2 Å². The van der Waals surface area contributed by atoms with Crippen LogP contribution in [0.15, 0.2) is 10.7 Å². The van der Waals surface area contributed by atoms with Crippen LogP contribution < -0.4 is 4.90 Å². The first-order chi connectivity index (χ1) is 11.8. The number of anilines is 1. The van der Waals surface area contributed by atoms with Gasteiger partial charge in [0, 0.05) is 32.2 Å². The highest BCUT2D eigenvalue weighted by Crippen LogP contribution is 2.46. The number of piperazine rings is 1. The van der Waals surface area contributed by atoms with Gasteiger partial charge in [0.15, 0.2) is 15.8 Å². The summed E-state index contributed by atoms with van der Waals surface area (Å²) in [5, 5.41) is 0. The highest BCUT2D eigenvalue weighted by Gasteiger charge is 2.42. The number of rotatable bonds is 3. The predicted molar refractivity (Wildman–Crippen MR) is 100 cm³/mol. The third-order valence-electron chi connectivity index (χ3n) is 6.11. The first kappa shape index (κ1) is 15.3. The van der Waals surface area contributed by atoms with Crippen LogP contribution in [0, 0.1) is 11.8 Å². The quantitative estimate of drug-likeness (QED) is 0.783. The van der Waals surface area contributed by atoms with E-state index in [0.29, 0.717) is 0 Å². The zero-order valence-corrected chi connectivity index (χ0v) is 15.7. The van der Waals surface area contributed by atoms with Crippen LogP contribution in [-0.4, -0.2) is 58.3 Å². The lowest BCUT2D eigenvalue weighted by Gasteiger charge is -2.41. The highest BCUT2D eigenvalue weighted by atomic mass is 32.2. The molecular weight excluding hydrogens is 338 g/mol. The van der Waals surface area contributed by atoms with Gasteiger partial charge in [-0.05, 0) is 37.4 Å². The summed E-state index contributed by atoms with van der Waals surface area (Å²) in [5.41, 5.74) is 0.852. The van der Waals surface area contributed by atoms with Gasteiger partial charge in [0.25, 0.3) is 0 Å². The predicted octanol–water partition coefficient (Wildman–Crippen LogP) is 3.12. The number of hydrogen-bond donors (Lipinski definition) is 0. The summed E-state index contributed by atoms with van der Waals surface area (Å²) in [5.74, 6) is 3.10. The number of thiazole rings is 1. The molecule has 24 heavy (non-hydrogen) atoms. The van der Waals surface area contributed by atoms with Crippen LogP contribution in [-0.2, 0) is 0 Å². The zero-order chi connectivity index (χ0) is 16.1. The van der Waals surface area contributed by atoms with Crippen molar-refractivity contribution in [1.29, 1.82) is 0 Å². The van der Waals surface area contributed by atoms with Crippen LogP contribution in [0.25, 0.3) is 10.3 Å². The molecule has 2 aromatic rings. The van der Waals surface area contributed by atoms with Crippen molar-refractivity contribution in [3.05, 3.63) is 6.33 Å². The molecule has 0 radical (unpaired) electrons. The Kier molecular flexibility index (Phi) is 3.90. The van der Waals surface area contributed by atoms with Gasteiger partial charge in [-0.2, -0.15) is 0 Å². The fourth-order valence-corrected chi connectivity index (χ4v) is 6.49. The number of fused-ring (bicyclic) bond motifs is 3. The Labute approximate surface area is 150 Å². The second-order valence-corrected chi connectivity index (χ2v) is 9.35. The Balaban J connectivity index is 1.32. The Morgan fingerprint density at radius 2 is 2.00 bits per heavy atom. The van der Waals surface area contributed by atoms with Crippen LogP contribution in [0.2, 0.25) is 0 Å². The first-order valence-electron chi connectivity index (χ1n) is 8.96. The minimum Gasteiger partial charge on any atom is -0.353 e. The second-order valence-electron chi connectivity index (χ2n) is 7.30. The van der Waals surface area contributed by atoms with Crippen molar-refractivity contribution in [2.45, 2.75) is 36.1 Å². The lowest BCUT2D eigenvalue weighted by molar-refractivity contribution is 0.135. The van der Waals surface area contributed by atoms with Crippen LogP contribution in [0.1, 0.15) is 25.7 Å². The number of hydrogen-bond acceptors (Lipinski definition) is 7. The molecule has 3 aliphatic rings. The molecule has 5 nitrogen and oxygen atoms in total. The molecular formula is C17H23N5S2. The Morgan fingerprint density at radius 1 is 1.12 bits per heavy atom. The van der Waals surface area contributed by atoms with Crippen molar-refractivity contribution in [3.63, 3.8) is 0 Å².